The molecule has 2 aromatic rings. The molecule has 96 valence electrons. The van der Waals surface area contributed by atoms with Crippen LogP contribution in [0.1, 0.15) is 19.4 Å². The van der Waals surface area contributed by atoms with Crippen LogP contribution in [0, 0.1) is 0 Å². The number of thioether (sulfide) groups is 1. The second-order valence-corrected chi connectivity index (χ2v) is 6.49. The molecule has 0 radical (unpaired) electrons. The molecule has 0 aromatic heterocycles. The van der Waals surface area contributed by atoms with Crippen molar-refractivity contribution < 1.29 is 5.11 Å². The molecule has 0 saturated heterocycles. The number of hydrogen-bond donors (Lipinski definition) is 1. The molecule has 0 fully saturated rings. The van der Waals surface area contributed by atoms with Crippen molar-refractivity contribution in [3.8, 4) is 0 Å². The lowest BCUT2D eigenvalue weighted by Gasteiger charge is -2.13. The van der Waals surface area contributed by atoms with Gasteiger partial charge in [-0.1, -0.05) is 56.3 Å². The number of benzene rings is 2. The van der Waals surface area contributed by atoms with E-state index in [0.717, 1.165) is 12.2 Å². The Bertz CT molecular complexity index is 502. The normalized spacial score (nSPS) is 13.1. The van der Waals surface area contributed by atoms with Gasteiger partial charge < -0.3 is 5.11 Å². The van der Waals surface area contributed by atoms with Crippen LogP contribution in [-0.2, 0) is 6.42 Å². The first kappa shape index (κ1) is 13.4. The topological polar surface area (TPSA) is 20.2 Å². The lowest BCUT2D eigenvalue weighted by atomic mass is 10.0. The van der Waals surface area contributed by atoms with Gasteiger partial charge in [0.2, 0.25) is 0 Å². The molecule has 0 amide bonds. The molecule has 18 heavy (non-hydrogen) atoms. The van der Waals surface area contributed by atoms with E-state index >= 15 is 0 Å². The van der Waals surface area contributed by atoms with Crippen LogP contribution in [0.2, 0.25) is 0 Å². The molecule has 0 spiro atoms. The van der Waals surface area contributed by atoms with Gasteiger partial charge in [-0.2, -0.15) is 11.8 Å². The van der Waals surface area contributed by atoms with Gasteiger partial charge in [0.1, 0.15) is 0 Å². The predicted octanol–water partition coefficient (Wildman–Crippen LogP) is 3.88. The van der Waals surface area contributed by atoms with Crippen molar-refractivity contribution in [3.05, 3.63) is 48.0 Å². The van der Waals surface area contributed by atoms with Crippen molar-refractivity contribution in [3.63, 3.8) is 0 Å². The monoisotopic (exact) mass is 260 g/mol. The van der Waals surface area contributed by atoms with Gasteiger partial charge in [-0.3, -0.25) is 0 Å². The van der Waals surface area contributed by atoms with Gasteiger partial charge in [0, 0.05) is 5.75 Å². The van der Waals surface area contributed by atoms with Crippen LogP contribution in [0.4, 0.5) is 0 Å². The van der Waals surface area contributed by atoms with E-state index in [9.17, 15) is 5.11 Å². The number of aliphatic hydroxyl groups excluding tert-OH is 1. The van der Waals surface area contributed by atoms with Gasteiger partial charge in [-0.25, -0.2) is 0 Å². The average Bonchev–Trinajstić information content (AvgIpc) is 2.37. The standard InChI is InChI=1S/C16H20OS/c1-12(2)18-11-15(17)10-14-8-5-7-13-6-3-4-9-16(13)14/h3-9,12,15,17H,10-11H2,1-2H3. The quantitative estimate of drug-likeness (QED) is 0.880. The maximum absolute atomic E-state index is 10.1. The fraction of sp³-hybridized carbons (Fsp3) is 0.375. The highest BCUT2D eigenvalue weighted by atomic mass is 32.2. The molecule has 1 nitrogen and oxygen atoms in total. The van der Waals surface area contributed by atoms with Crippen molar-refractivity contribution in [2.75, 3.05) is 5.75 Å². The van der Waals surface area contributed by atoms with Gasteiger partial charge in [0.25, 0.3) is 0 Å². The van der Waals surface area contributed by atoms with Crippen LogP contribution >= 0.6 is 11.8 Å². The zero-order valence-electron chi connectivity index (χ0n) is 11.0. The van der Waals surface area contributed by atoms with E-state index in [1.807, 2.05) is 11.8 Å². The van der Waals surface area contributed by atoms with Crippen LogP contribution in [0.3, 0.4) is 0 Å². The number of hydrogen-bond acceptors (Lipinski definition) is 2. The molecule has 2 aromatic carbocycles. The third-order valence-corrected chi connectivity index (χ3v) is 4.20. The van der Waals surface area contributed by atoms with E-state index in [1.54, 1.807) is 0 Å². The first-order valence-corrected chi connectivity index (χ1v) is 7.48. The Morgan fingerprint density at radius 1 is 1.06 bits per heavy atom. The first-order valence-electron chi connectivity index (χ1n) is 6.43. The molecule has 0 saturated carbocycles. The molecule has 1 N–H and O–H groups in total. The summed E-state index contributed by atoms with van der Waals surface area (Å²) in [4.78, 5) is 0. The van der Waals surface area contributed by atoms with Gasteiger partial charge in [0.15, 0.2) is 0 Å². The summed E-state index contributed by atoms with van der Waals surface area (Å²) in [5.41, 5.74) is 1.24. The number of aliphatic hydroxyl groups is 1. The van der Waals surface area contributed by atoms with Gasteiger partial charge in [-0.05, 0) is 28.0 Å². The van der Waals surface area contributed by atoms with Crippen molar-refractivity contribution in [1.82, 2.24) is 0 Å². The summed E-state index contributed by atoms with van der Waals surface area (Å²) in [5, 5.41) is 13.2. The van der Waals surface area contributed by atoms with Crippen LogP contribution in [0.5, 0.6) is 0 Å². The SMILES string of the molecule is CC(C)SCC(O)Cc1cccc2ccccc12. The van der Waals surface area contributed by atoms with Crippen molar-refractivity contribution in [2.24, 2.45) is 0 Å². The van der Waals surface area contributed by atoms with Crippen LogP contribution < -0.4 is 0 Å². The molecule has 2 rings (SSSR count). The Labute approximate surface area is 113 Å². The zero-order chi connectivity index (χ0) is 13.0. The second-order valence-electron chi connectivity index (χ2n) is 4.88. The van der Waals surface area contributed by atoms with E-state index < -0.39 is 0 Å². The molecule has 0 aliphatic heterocycles. The minimum absolute atomic E-state index is 0.261. The maximum Gasteiger partial charge on any atom is 0.0671 e. The molecular formula is C16H20OS. The Morgan fingerprint density at radius 3 is 2.56 bits per heavy atom. The Morgan fingerprint density at radius 2 is 1.78 bits per heavy atom. The Hall–Kier alpha value is -0.990. The molecule has 1 unspecified atom stereocenters. The molecule has 1 atom stereocenters. The van der Waals surface area contributed by atoms with Gasteiger partial charge in [0.05, 0.1) is 6.10 Å². The van der Waals surface area contributed by atoms with Crippen LogP contribution in [0.15, 0.2) is 42.5 Å². The third-order valence-electron chi connectivity index (χ3n) is 2.96. The summed E-state index contributed by atoms with van der Waals surface area (Å²) in [7, 11) is 0. The summed E-state index contributed by atoms with van der Waals surface area (Å²) in [6.45, 7) is 4.32. The van der Waals surface area contributed by atoms with Crippen molar-refractivity contribution >= 4 is 22.5 Å². The molecular weight excluding hydrogens is 240 g/mol. The second kappa shape index (κ2) is 6.26. The Kier molecular flexibility index (Phi) is 4.67. The molecule has 0 bridgehead atoms. The highest BCUT2D eigenvalue weighted by Crippen LogP contribution is 2.21. The molecule has 2 heteroatoms. The smallest absolute Gasteiger partial charge is 0.0671 e. The summed E-state index contributed by atoms with van der Waals surface area (Å²) in [5.74, 6) is 0.806. The van der Waals surface area contributed by atoms with E-state index in [2.05, 4.69) is 56.3 Å². The minimum Gasteiger partial charge on any atom is -0.392 e. The van der Waals surface area contributed by atoms with Gasteiger partial charge >= 0.3 is 0 Å². The van der Waals surface area contributed by atoms with E-state index in [-0.39, 0.29) is 6.10 Å². The largest absolute Gasteiger partial charge is 0.392 e. The molecule has 0 aliphatic rings. The summed E-state index contributed by atoms with van der Waals surface area (Å²) in [6, 6.07) is 14.7. The maximum atomic E-state index is 10.1. The van der Waals surface area contributed by atoms with Crippen molar-refractivity contribution in [2.45, 2.75) is 31.6 Å². The summed E-state index contributed by atoms with van der Waals surface area (Å²) >= 11 is 1.81. The number of rotatable bonds is 5. The average molecular weight is 260 g/mol. The Balaban J connectivity index is 2.11. The van der Waals surface area contributed by atoms with Crippen molar-refractivity contribution in [1.29, 1.82) is 0 Å². The van der Waals surface area contributed by atoms with Gasteiger partial charge in [-0.15, -0.1) is 0 Å². The van der Waals surface area contributed by atoms with Crippen LogP contribution in [-0.4, -0.2) is 22.2 Å². The van der Waals surface area contributed by atoms with E-state index in [1.165, 1.54) is 16.3 Å². The zero-order valence-corrected chi connectivity index (χ0v) is 11.8. The highest BCUT2D eigenvalue weighted by molar-refractivity contribution is 7.99. The summed E-state index contributed by atoms with van der Waals surface area (Å²) < 4.78 is 0. The minimum atomic E-state index is -0.261. The highest BCUT2D eigenvalue weighted by Gasteiger charge is 2.09. The molecule has 0 aliphatic carbocycles. The fourth-order valence-corrected chi connectivity index (χ4v) is 2.81. The fourth-order valence-electron chi connectivity index (χ4n) is 2.09. The van der Waals surface area contributed by atoms with Crippen LogP contribution in [0.25, 0.3) is 10.8 Å². The molecule has 0 heterocycles. The van der Waals surface area contributed by atoms with E-state index in [4.69, 9.17) is 0 Å². The first-order chi connectivity index (χ1) is 8.66. The number of fused-ring (bicyclic) bond motifs is 1. The lowest BCUT2D eigenvalue weighted by Crippen LogP contribution is -2.15. The third kappa shape index (κ3) is 3.50. The summed E-state index contributed by atoms with van der Waals surface area (Å²) in [6.07, 6.45) is 0.476. The predicted molar refractivity (Wildman–Crippen MR) is 81.3 cm³/mol. The lowest BCUT2D eigenvalue weighted by molar-refractivity contribution is 0.200. The van der Waals surface area contributed by atoms with E-state index in [0.29, 0.717) is 5.25 Å².